The molecule has 14 nitrogen and oxygen atoms in total. The van der Waals surface area contributed by atoms with Crippen LogP contribution in [0.1, 0.15) is 23.2 Å². The van der Waals surface area contributed by atoms with E-state index in [-0.39, 0.29) is 5.91 Å². The summed E-state index contributed by atoms with van der Waals surface area (Å²) in [5, 5.41) is 7.05. The van der Waals surface area contributed by atoms with Gasteiger partial charge in [-0.25, -0.2) is 14.6 Å². The van der Waals surface area contributed by atoms with Crippen LogP contribution in [0.3, 0.4) is 0 Å². The number of rotatable bonds is 7. The molecule has 2 unspecified atom stereocenters. The average molecular weight is 626 g/mol. The Balaban J connectivity index is 1.03. The number of ether oxygens (including phenoxy) is 3. The summed E-state index contributed by atoms with van der Waals surface area (Å²) < 4.78 is 17.2. The number of urea groups is 1. The second-order valence-electron chi connectivity index (χ2n) is 11.7. The van der Waals surface area contributed by atoms with E-state index in [9.17, 15) is 9.59 Å². The monoisotopic (exact) mass is 625 g/mol. The normalized spacial score (nSPS) is 24.1. The molecular formula is C31H43N7O7. The predicted octanol–water partition coefficient (Wildman–Crippen LogP) is 2.43. The van der Waals surface area contributed by atoms with E-state index in [2.05, 4.69) is 39.4 Å². The standard InChI is InChI=1S/C31H43N7O7/c1-34(2)26-11-13-35(14-12-26)28(39)23-3-5-24(6-4-23)32-29(40)33-25-7-9-27(10-8-25)38-44-30(36-15-19-41-20-16-36)43-31(45-38)37-17-21-42-22-18-37/h3-10,26,30-31H,11-22H2,1-2H3,(H2,32,33,40). The maximum absolute atomic E-state index is 13.0. The van der Waals surface area contributed by atoms with Gasteiger partial charge < -0.3 is 29.9 Å². The molecule has 2 atom stereocenters. The maximum atomic E-state index is 13.0. The number of nitrogens with one attached hydrogen (secondary N) is 2. The maximum Gasteiger partial charge on any atom is 0.323 e. The molecule has 0 saturated carbocycles. The molecule has 4 aliphatic heterocycles. The highest BCUT2D eigenvalue weighted by molar-refractivity contribution is 6.00. The van der Waals surface area contributed by atoms with Gasteiger partial charge in [0.1, 0.15) is 0 Å². The lowest BCUT2D eigenvalue weighted by atomic mass is 10.0. The number of hydrogen-bond acceptors (Lipinski definition) is 11. The third-order valence-corrected chi connectivity index (χ3v) is 8.50. The fraction of sp³-hybridized carbons (Fsp3) is 0.548. The van der Waals surface area contributed by atoms with Gasteiger partial charge in [-0.3, -0.25) is 9.53 Å². The molecule has 4 heterocycles. The van der Waals surface area contributed by atoms with E-state index in [1.807, 2.05) is 4.90 Å². The smallest absolute Gasteiger partial charge is 0.323 e. The van der Waals surface area contributed by atoms with Crippen molar-refractivity contribution >= 4 is 29.0 Å². The van der Waals surface area contributed by atoms with E-state index >= 15 is 0 Å². The van der Waals surface area contributed by atoms with Crippen molar-refractivity contribution in [1.29, 1.82) is 0 Å². The van der Waals surface area contributed by atoms with Gasteiger partial charge in [-0.1, -0.05) is 0 Å². The van der Waals surface area contributed by atoms with Crippen LogP contribution in [0.25, 0.3) is 0 Å². The highest BCUT2D eigenvalue weighted by atomic mass is 17.1. The van der Waals surface area contributed by atoms with E-state index in [4.69, 9.17) is 23.9 Å². The minimum Gasteiger partial charge on any atom is -0.379 e. The molecule has 45 heavy (non-hydrogen) atoms. The van der Waals surface area contributed by atoms with Gasteiger partial charge >= 0.3 is 6.03 Å². The molecule has 0 spiro atoms. The van der Waals surface area contributed by atoms with Crippen molar-refractivity contribution in [3.8, 4) is 0 Å². The summed E-state index contributed by atoms with van der Waals surface area (Å²) in [6, 6.07) is 14.2. The third-order valence-electron chi connectivity index (χ3n) is 8.50. The molecule has 14 heteroatoms. The number of carbonyl (C=O) groups excluding carboxylic acids is 2. The van der Waals surface area contributed by atoms with E-state index in [1.165, 1.54) is 5.23 Å². The van der Waals surface area contributed by atoms with Crippen molar-refractivity contribution in [2.45, 2.75) is 31.7 Å². The van der Waals surface area contributed by atoms with Gasteiger partial charge in [0.2, 0.25) is 12.8 Å². The van der Waals surface area contributed by atoms with Crippen molar-refractivity contribution in [3.63, 3.8) is 0 Å². The van der Waals surface area contributed by atoms with Gasteiger partial charge in [0.05, 0.1) is 32.1 Å². The van der Waals surface area contributed by atoms with Crippen LogP contribution in [0.2, 0.25) is 0 Å². The average Bonchev–Trinajstić information content (AvgIpc) is 3.09. The summed E-state index contributed by atoms with van der Waals surface area (Å²) in [7, 11) is 4.16. The van der Waals surface area contributed by atoms with Crippen LogP contribution < -0.4 is 15.9 Å². The minimum atomic E-state index is -0.643. The van der Waals surface area contributed by atoms with Crippen LogP contribution in [-0.2, 0) is 23.9 Å². The fourth-order valence-corrected chi connectivity index (χ4v) is 5.77. The van der Waals surface area contributed by atoms with Crippen molar-refractivity contribution < 1.29 is 33.5 Å². The largest absolute Gasteiger partial charge is 0.379 e. The van der Waals surface area contributed by atoms with Crippen molar-refractivity contribution in [2.24, 2.45) is 0 Å². The van der Waals surface area contributed by atoms with Crippen LogP contribution in [-0.4, -0.2) is 130 Å². The molecule has 3 amide bonds. The van der Waals surface area contributed by atoms with Crippen LogP contribution in [0.4, 0.5) is 21.9 Å². The Morgan fingerprint density at radius 1 is 0.711 bits per heavy atom. The summed E-state index contributed by atoms with van der Waals surface area (Å²) in [6.07, 6.45) is 0.651. The van der Waals surface area contributed by atoms with Gasteiger partial charge in [-0.05, 0) is 75.5 Å². The Hall–Kier alpha value is -3.34. The topological polar surface area (TPSA) is 121 Å². The van der Waals surface area contributed by atoms with Gasteiger partial charge in [-0.2, -0.15) is 9.68 Å². The first kappa shape index (κ1) is 31.6. The predicted molar refractivity (Wildman–Crippen MR) is 166 cm³/mol. The number of morpholine rings is 2. The lowest BCUT2D eigenvalue weighted by Gasteiger charge is -2.45. The quantitative estimate of drug-likeness (QED) is 0.472. The number of hydrogen-bond donors (Lipinski definition) is 2. The molecule has 244 valence electrons. The van der Waals surface area contributed by atoms with Gasteiger partial charge in [0.25, 0.3) is 5.91 Å². The summed E-state index contributed by atoms with van der Waals surface area (Å²) in [5.74, 6) is 0.0176. The van der Waals surface area contributed by atoms with Crippen LogP contribution in [0, 0.1) is 0 Å². The lowest BCUT2D eigenvalue weighted by molar-refractivity contribution is -0.428. The summed E-state index contributed by atoms with van der Waals surface area (Å²) in [5.41, 5.74) is 2.43. The molecule has 4 aliphatic rings. The fourth-order valence-electron chi connectivity index (χ4n) is 5.77. The van der Waals surface area contributed by atoms with Gasteiger partial charge in [-0.15, -0.1) is 5.23 Å². The zero-order valence-corrected chi connectivity index (χ0v) is 25.9. The second-order valence-corrected chi connectivity index (χ2v) is 11.7. The first-order chi connectivity index (χ1) is 21.9. The van der Waals surface area contributed by atoms with Crippen LogP contribution in [0.15, 0.2) is 48.5 Å². The number of nitrogens with zero attached hydrogens (tertiary/aromatic N) is 5. The number of carbonyl (C=O) groups is 2. The molecule has 2 aromatic rings. The number of piperidine rings is 1. The molecule has 0 aromatic heterocycles. The number of anilines is 3. The molecule has 0 aliphatic carbocycles. The van der Waals surface area contributed by atoms with Crippen molar-refractivity contribution in [1.82, 2.24) is 19.6 Å². The van der Waals surface area contributed by atoms with Crippen molar-refractivity contribution in [2.75, 3.05) is 95.7 Å². The molecule has 2 aromatic carbocycles. The molecular weight excluding hydrogens is 582 g/mol. The lowest BCUT2D eigenvalue weighted by Crippen LogP contribution is -2.59. The van der Waals surface area contributed by atoms with E-state index < -0.39 is 18.9 Å². The number of benzene rings is 2. The van der Waals surface area contributed by atoms with Crippen LogP contribution >= 0.6 is 0 Å². The zero-order chi connectivity index (χ0) is 31.2. The van der Waals surface area contributed by atoms with E-state index in [0.717, 1.165) is 25.9 Å². The first-order valence-electron chi connectivity index (χ1n) is 15.6. The molecule has 0 bridgehead atoms. The SMILES string of the molecule is CN(C)C1CCN(C(=O)c2ccc(NC(=O)Nc3ccc(N4OC(N5CCOCC5)OC(N5CCOCC5)O4)cc3)cc2)CC1. The Labute approximate surface area is 263 Å². The van der Waals surface area contributed by atoms with Crippen molar-refractivity contribution in [3.05, 3.63) is 54.1 Å². The van der Waals surface area contributed by atoms with Gasteiger partial charge in [0, 0.05) is 62.2 Å². The number of amides is 3. The Morgan fingerprint density at radius 3 is 1.69 bits per heavy atom. The number of likely N-dealkylation sites (tertiary alicyclic amines) is 1. The summed E-state index contributed by atoms with van der Waals surface area (Å²) in [4.78, 5) is 46.1. The Morgan fingerprint density at radius 2 is 1.20 bits per heavy atom. The first-order valence-corrected chi connectivity index (χ1v) is 15.6. The Kier molecular flexibility index (Phi) is 10.4. The molecule has 6 rings (SSSR count). The highest BCUT2D eigenvalue weighted by Crippen LogP contribution is 2.28. The van der Waals surface area contributed by atoms with Gasteiger partial charge in [0.15, 0.2) is 0 Å². The minimum absolute atomic E-state index is 0.0176. The molecule has 2 N–H and O–H groups in total. The molecule has 4 fully saturated rings. The Bertz CT molecular complexity index is 1240. The summed E-state index contributed by atoms with van der Waals surface area (Å²) >= 11 is 0. The molecule has 0 radical (unpaired) electrons. The zero-order valence-electron chi connectivity index (χ0n) is 25.9. The van der Waals surface area contributed by atoms with E-state index in [0.29, 0.717) is 81.3 Å². The second kappa shape index (κ2) is 14.8. The summed E-state index contributed by atoms with van der Waals surface area (Å²) in [6.45, 7) is 6.64. The van der Waals surface area contributed by atoms with Crippen LogP contribution in [0.5, 0.6) is 0 Å². The van der Waals surface area contributed by atoms with E-state index in [1.54, 1.807) is 48.5 Å². The third kappa shape index (κ3) is 8.09. The highest BCUT2D eigenvalue weighted by Gasteiger charge is 2.38. The molecule has 4 saturated heterocycles.